The molecule has 0 aromatic heterocycles. The summed E-state index contributed by atoms with van der Waals surface area (Å²) >= 11 is 0. The number of aliphatic imine (C=N–C) groups is 1. The largest absolute Gasteiger partial charge is 0.497 e. The molecule has 2 aliphatic heterocycles. The highest BCUT2D eigenvalue weighted by atomic mass is 127. The zero-order valence-electron chi connectivity index (χ0n) is 19.7. The van der Waals surface area contributed by atoms with Crippen LogP contribution in [0, 0.1) is 0 Å². The Morgan fingerprint density at radius 1 is 1.19 bits per heavy atom. The Bertz CT molecular complexity index is 647. The average Bonchev–Trinajstić information content (AvgIpc) is 3.33. The van der Waals surface area contributed by atoms with Crippen molar-refractivity contribution in [2.75, 3.05) is 59.7 Å². The van der Waals surface area contributed by atoms with Crippen LogP contribution in [0.5, 0.6) is 5.75 Å². The van der Waals surface area contributed by atoms with Crippen LogP contribution in [0.2, 0.25) is 0 Å². The molecule has 0 amide bonds. The zero-order chi connectivity index (χ0) is 21.7. The number of hydrogen-bond donors (Lipinski definition) is 2. The lowest BCUT2D eigenvalue weighted by Crippen LogP contribution is -2.40. The van der Waals surface area contributed by atoms with Crippen LogP contribution in [-0.4, -0.2) is 76.6 Å². The minimum Gasteiger partial charge on any atom is -0.497 e. The van der Waals surface area contributed by atoms with Gasteiger partial charge in [0.1, 0.15) is 5.75 Å². The fraction of sp³-hybridized carbons (Fsp3) is 0.708. The van der Waals surface area contributed by atoms with Gasteiger partial charge in [-0.1, -0.05) is 18.6 Å². The van der Waals surface area contributed by atoms with Crippen LogP contribution in [-0.2, 0) is 9.47 Å². The number of benzene rings is 1. The number of nitrogens with zero attached hydrogens (tertiary/aromatic N) is 2. The van der Waals surface area contributed by atoms with E-state index >= 15 is 0 Å². The van der Waals surface area contributed by atoms with Gasteiger partial charge in [0.15, 0.2) is 5.96 Å². The SMILES string of the molecule is CCNC(=NCC(c1ccc(OC)cc1)N1CCCCC1)NCCCOC1CCOC1.I. The summed E-state index contributed by atoms with van der Waals surface area (Å²) < 4.78 is 16.6. The van der Waals surface area contributed by atoms with Gasteiger partial charge in [-0.3, -0.25) is 9.89 Å². The summed E-state index contributed by atoms with van der Waals surface area (Å²) in [5.74, 6) is 1.77. The molecule has 8 heteroatoms. The second kappa shape index (κ2) is 15.7. The van der Waals surface area contributed by atoms with Crippen LogP contribution in [0.1, 0.15) is 50.6 Å². The van der Waals surface area contributed by atoms with Crippen molar-refractivity contribution in [3.63, 3.8) is 0 Å². The highest BCUT2D eigenvalue weighted by molar-refractivity contribution is 14.0. The molecule has 0 saturated carbocycles. The van der Waals surface area contributed by atoms with E-state index in [-0.39, 0.29) is 36.1 Å². The van der Waals surface area contributed by atoms with Crippen LogP contribution in [0.3, 0.4) is 0 Å². The Morgan fingerprint density at radius 3 is 2.62 bits per heavy atom. The monoisotopic (exact) mass is 560 g/mol. The van der Waals surface area contributed by atoms with Gasteiger partial charge in [0.2, 0.25) is 0 Å². The van der Waals surface area contributed by atoms with E-state index in [1.807, 2.05) is 0 Å². The normalized spacial score (nSPS) is 20.4. The Labute approximate surface area is 210 Å². The predicted octanol–water partition coefficient (Wildman–Crippen LogP) is 3.59. The lowest BCUT2D eigenvalue weighted by atomic mass is 10.0. The molecule has 1 aromatic carbocycles. The smallest absolute Gasteiger partial charge is 0.191 e. The average molecular weight is 561 g/mol. The molecule has 0 radical (unpaired) electrons. The predicted molar refractivity (Wildman–Crippen MR) is 140 cm³/mol. The highest BCUT2D eigenvalue weighted by Gasteiger charge is 2.22. The molecule has 2 atom stereocenters. The van der Waals surface area contributed by atoms with Crippen LogP contribution < -0.4 is 15.4 Å². The van der Waals surface area contributed by atoms with E-state index in [9.17, 15) is 0 Å². The number of likely N-dealkylation sites (tertiary alicyclic amines) is 1. The number of methoxy groups -OCH3 is 1. The third kappa shape index (κ3) is 9.03. The van der Waals surface area contributed by atoms with Crippen molar-refractivity contribution >= 4 is 29.9 Å². The molecule has 7 nitrogen and oxygen atoms in total. The van der Waals surface area contributed by atoms with E-state index in [0.29, 0.717) is 0 Å². The molecule has 2 heterocycles. The molecule has 0 aliphatic carbocycles. The second-order valence-corrected chi connectivity index (χ2v) is 8.24. The van der Waals surface area contributed by atoms with Crippen molar-refractivity contribution in [1.29, 1.82) is 0 Å². The first-order chi connectivity index (χ1) is 15.3. The molecule has 2 aliphatic rings. The quantitative estimate of drug-likeness (QED) is 0.187. The molecule has 2 N–H and O–H groups in total. The van der Waals surface area contributed by atoms with Crippen LogP contribution >= 0.6 is 24.0 Å². The maximum absolute atomic E-state index is 5.86. The van der Waals surface area contributed by atoms with Crippen molar-refractivity contribution in [2.45, 2.75) is 51.2 Å². The fourth-order valence-electron chi connectivity index (χ4n) is 4.18. The molecular weight excluding hydrogens is 519 g/mol. The van der Waals surface area contributed by atoms with Gasteiger partial charge in [-0.25, -0.2) is 0 Å². The van der Waals surface area contributed by atoms with E-state index in [1.165, 1.54) is 24.8 Å². The Kier molecular flexibility index (Phi) is 13.3. The van der Waals surface area contributed by atoms with Gasteiger partial charge in [0.05, 0.1) is 32.4 Å². The maximum atomic E-state index is 5.86. The molecule has 32 heavy (non-hydrogen) atoms. The number of nitrogens with one attached hydrogen (secondary N) is 2. The first kappa shape index (κ1) is 27.1. The first-order valence-electron chi connectivity index (χ1n) is 11.9. The number of hydrogen-bond acceptors (Lipinski definition) is 5. The molecule has 0 bridgehead atoms. The molecule has 2 unspecified atom stereocenters. The van der Waals surface area contributed by atoms with Gasteiger partial charge < -0.3 is 24.8 Å². The van der Waals surface area contributed by atoms with Crippen LogP contribution in [0.4, 0.5) is 0 Å². The Morgan fingerprint density at radius 2 is 1.97 bits per heavy atom. The fourth-order valence-corrected chi connectivity index (χ4v) is 4.18. The molecular formula is C24H41IN4O3. The van der Waals surface area contributed by atoms with Gasteiger partial charge in [0, 0.05) is 26.3 Å². The van der Waals surface area contributed by atoms with Crippen molar-refractivity contribution < 1.29 is 14.2 Å². The summed E-state index contributed by atoms with van der Waals surface area (Å²) in [5, 5.41) is 6.85. The number of ether oxygens (including phenoxy) is 3. The summed E-state index contributed by atoms with van der Waals surface area (Å²) in [4.78, 5) is 7.52. The van der Waals surface area contributed by atoms with Gasteiger partial charge in [-0.15, -0.1) is 24.0 Å². The van der Waals surface area contributed by atoms with E-state index in [2.05, 4.69) is 46.7 Å². The first-order valence-corrected chi connectivity index (χ1v) is 11.9. The van der Waals surface area contributed by atoms with Crippen molar-refractivity contribution in [3.8, 4) is 5.75 Å². The molecule has 1 aromatic rings. The van der Waals surface area contributed by atoms with Crippen LogP contribution in [0.25, 0.3) is 0 Å². The summed E-state index contributed by atoms with van der Waals surface area (Å²) in [6, 6.07) is 8.74. The maximum Gasteiger partial charge on any atom is 0.191 e. The second-order valence-electron chi connectivity index (χ2n) is 8.24. The number of piperidine rings is 1. The third-order valence-electron chi connectivity index (χ3n) is 5.95. The Hall–Kier alpha value is -1.10. The lowest BCUT2D eigenvalue weighted by molar-refractivity contribution is 0.0420. The number of rotatable bonds is 11. The number of guanidine groups is 1. The minimum atomic E-state index is 0. The summed E-state index contributed by atoms with van der Waals surface area (Å²) in [7, 11) is 1.71. The summed E-state index contributed by atoms with van der Waals surface area (Å²) in [5.41, 5.74) is 1.30. The zero-order valence-corrected chi connectivity index (χ0v) is 22.0. The third-order valence-corrected chi connectivity index (χ3v) is 5.95. The van der Waals surface area contributed by atoms with Gasteiger partial charge >= 0.3 is 0 Å². The molecule has 3 rings (SSSR count). The highest BCUT2D eigenvalue weighted by Crippen LogP contribution is 2.26. The summed E-state index contributed by atoms with van der Waals surface area (Å²) in [6.07, 6.45) is 6.10. The molecule has 2 saturated heterocycles. The molecule has 182 valence electrons. The van der Waals surface area contributed by atoms with Crippen LogP contribution in [0.15, 0.2) is 29.3 Å². The van der Waals surface area contributed by atoms with Gasteiger partial charge in [-0.05, 0) is 63.4 Å². The standard InChI is InChI=1S/C24H40N4O3.HI/c1-3-25-24(26-13-7-16-31-22-12-17-30-19-22)27-18-23(28-14-5-4-6-15-28)20-8-10-21(29-2)11-9-20;/h8-11,22-23H,3-7,12-19H2,1-2H3,(H2,25,26,27);1H. The van der Waals surface area contributed by atoms with E-state index in [1.54, 1.807) is 7.11 Å². The topological polar surface area (TPSA) is 67.4 Å². The van der Waals surface area contributed by atoms with Gasteiger partial charge in [0.25, 0.3) is 0 Å². The Balaban J connectivity index is 0.00000363. The summed E-state index contributed by atoms with van der Waals surface area (Å²) in [6.45, 7) is 9.12. The number of halogens is 1. The van der Waals surface area contributed by atoms with Crippen molar-refractivity contribution in [1.82, 2.24) is 15.5 Å². The van der Waals surface area contributed by atoms with Crippen molar-refractivity contribution in [3.05, 3.63) is 29.8 Å². The van der Waals surface area contributed by atoms with E-state index < -0.39 is 0 Å². The molecule has 0 spiro atoms. The lowest BCUT2D eigenvalue weighted by Gasteiger charge is -2.34. The molecule has 2 fully saturated rings. The minimum absolute atomic E-state index is 0. The van der Waals surface area contributed by atoms with Crippen molar-refractivity contribution in [2.24, 2.45) is 4.99 Å². The van der Waals surface area contributed by atoms with E-state index in [0.717, 1.165) is 77.1 Å². The van der Waals surface area contributed by atoms with E-state index in [4.69, 9.17) is 19.2 Å². The van der Waals surface area contributed by atoms with Gasteiger partial charge in [-0.2, -0.15) is 0 Å².